The number of nitro benzene ring substituents is 1. The van der Waals surface area contributed by atoms with E-state index in [0.717, 1.165) is 0 Å². The first-order valence-electron chi connectivity index (χ1n) is 6.44. The molecule has 1 aromatic carbocycles. The van der Waals surface area contributed by atoms with Crippen LogP contribution in [0.25, 0.3) is 0 Å². The molecule has 2 amide bonds. The zero-order chi connectivity index (χ0) is 16.8. The number of amides is 2. The fraction of sp³-hybridized carbons (Fsp3) is 0.143. The highest BCUT2D eigenvalue weighted by Crippen LogP contribution is 2.37. The molecular formula is C14H14N4O5. The lowest BCUT2D eigenvalue weighted by Gasteiger charge is -2.11. The third-order valence-electron chi connectivity index (χ3n) is 2.85. The third-order valence-corrected chi connectivity index (χ3v) is 2.85. The summed E-state index contributed by atoms with van der Waals surface area (Å²) >= 11 is 0. The number of aromatic nitrogens is 1. The minimum atomic E-state index is -0.668. The molecule has 23 heavy (non-hydrogen) atoms. The van der Waals surface area contributed by atoms with Crippen molar-refractivity contribution in [3.05, 3.63) is 46.6 Å². The van der Waals surface area contributed by atoms with Crippen molar-refractivity contribution < 1.29 is 19.2 Å². The van der Waals surface area contributed by atoms with E-state index in [1.54, 1.807) is 18.2 Å². The summed E-state index contributed by atoms with van der Waals surface area (Å²) in [6.07, 6.45) is 1.51. The Bertz CT molecular complexity index is 721. The minimum Gasteiger partial charge on any atom is -0.493 e. The summed E-state index contributed by atoms with van der Waals surface area (Å²) in [7, 11) is 2.75. The van der Waals surface area contributed by atoms with Crippen LogP contribution >= 0.6 is 0 Å². The molecule has 0 bridgehead atoms. The highest BCUT2D eigenvalue weighted by Gasteiger charge is 2.21. The lowest BCUT2D eigenvalue weighted by atomic mass is 10.2. The molecule has 120 valence electrons. The number of ether oxygens (including phenoxy) is 2. The van der Waals surface area contributed by atoms with Gasteiger partial charge in [-0.15, -0.1) is 0 Å². The Morgan fingerprint density at radius 2 is 1.87 bits per heavy atom. The molecule has 0 fully saturated rings. The van der Waals surface area contributed by atoms with Gasteiger partial charge in [-0.1, -0.05) is 6.07 Å². The van der Waals surface area contributed by atoms with Crippen LogP contribution in [0.4, 0.5) is 22.0 Å². The van der Waals surface area contributed by atoms with Crippen LogP contribution in [0.5, 0.6) is 11.5 Å². The molecule has 0 aliphatic carbocycles. The van der Waals surface area contributed by atoms with Crippen LogP contribution in [0.3, 0.4) is 0 Å². The van der Waals surface area contributed by atoms with E-state index in [1.165, 1.54) is 32.5 Å². The molecule has 1 heterocycles. The number of nitro groups is 1. The van der Waals surface area contributed by atoms with Gasteiger partial charge in [-0.3, -0.25) is 15.4 Å². The second-order valence-corrected chi connectivity index (χ2v) is 4.28. The maximum absolute atomic E-state index is 12.0. The first kappa shape index (κ1) is 16.0. The SMILES string of the molecule is COc1cc(NC(=O)Nc2ccccn2)c([N+](=O)[O-])cc1OC. The average Bonchev–Trinajstić information content (AvgIpc) is 2.54. The lowest BCUT2D eigenvalue weighted by Crippen LogP contribution is -2.20. The summed E-state index contributed by atoms with van der Waals surface area (Å²) < 4.78 is 10.1. The molecular weight excluding hydrogens is 304 g/mol. The molecule has 9 nitrogen and oxygen atoms in total. The lowest BCUT2D eigenvalue weighted by molar-refractivity contribution is -0.384. The van der Waals surface area contributed by atoms with Gasteiger partial charge in [0.2, 0.25) is 0 Å². The number of carbonyl (C=O) groups excluding carboxylic acids is 1. The van der Waals surface area contributed by atoms with Gasteiger partial charge in [0.15, 0.2) is 11.5 Å². The van der Waals surface area contributed by atoms with Crippen molar-refractivity contribution in [1.82, 2.24) is 4.98 Å². The number of hydrogen-bond acceptors (Lipinski definition) is 6. The number of nitrogens with one attached hydrogen (secondary N) is 2. The van der Waals surface area contributed by atoms with Gasteiger partial charge in [0.05, 0.1) is 25.2 Å². The molecule has 2 N–H and O–H groups in total. The van der Waals surface area contributed by atoms with Crippen molar-refractivity contribution in [3.8, 4) is 11.5 Å². The van der Waals surface area contributed by atoms with Crippen molar-refractivity contribution in [1.29, 1.82) is 0 Å². The van der Waals surface area contributed by atoms with Crippen LogP contribution in [0.1, 0.15) is 0 Å². The molecule has 2 rings (SSSR count). The summed E-state index contributed by atoms with van der Waals surface area (Å²) in [5.41, 5.74) is -0.347. The van der Waals surface area contributed by atoms with E-state index >= 15 is 0 Å². The van der Waals surface area contributed by atoms with Gasteiger partial charge < -0.3 is 14.8 Å². The number of urea groups is 1. The minimum absolute atomic E-state index is 0.0268. The molecule has 0 radical (unpaired) electrons. The number of methoxy groups -OCH3 is 2. The number of hydrogen-bond donors (Lipinski definition) is 2. The molecule has 9 heteroatoms. The number of nitrogens with zero attached hydrogens (tertiary/aromatic N) is 2. The summed E-state index contributed by atoms with van der Waals surface area (Å²) in [6, 6.07) is 6.80. The highest BCUT2D eigenvalue weighted by molar-refractivity contribution is 6.00. The highest BCUT2D eigenvalue weighted by atomic mass is 16.6. The standard InChI is InChI=1S/C14H14N4O5/c1-22-11-7-9(10(18(20)21)8-12(11)23-2)16-14(19)17-13-5-3-4-6-15-13/h3-8H,1-2H3,(H2,15,16,17,19). The van der Waals surface area contributed by atoms with Crippen LogP contribution in [0.15, 0.2) is 36.5 Å². The maximum Gasteiger partial charge on any atom is 0.325 e. The molecule has 0 saturated heterocycles. The topological polar surface area (TPSA) is 116 Å². The summed E-state index contributed by atoms with van der Waals surface area (Å²) in [5.74, 6) is 0.759. The van der Waals surface area contributed by atoms with Crippen molar-refractivity contribution in [2.45, 2.75) is 0 Å². The number of benzene rings is 1. The van der Waals surface area contributed by atoms with E-state index in [1.807, 2.05) is 0 Å². The van der Waals surface area contributed by atoms with Crippen LogP contribution in [0, 0.1) is 10.1 Å². The first-order valence-corrected chi connectivity index (χ1v) is 6.44. The molecule has 1 aromatic heterocycles. The number of pyridine rings is 1. The Morgan fingerprint density at radius 1 is 1.17 bits per heavy atom. The van der Waals surface area contributed by atoms with Gasteiger partial charge >= 0.3 is 6.03 Å². The third kappa shape index (κ3) is 3.84. The van der Waals surface area contributed by atoms with Gasteiger partial charge in [-0.2, -0.15) is 0 Å². The zero-order valence-corrected chi connectivity index (χ0v) is 12.4. The molecule has 0 aliphatic rings. The van der Waals surface area contributed by atoms with Gasteiger partial charge in [-0.05, 0) is 12.1 Å². The van der Waals surface area contributed by atoms with Gasteiger partial charge in [0.1, 0.15) is 11.5 Å². The number of carbonyl (C=O) groups is 1. The van der Waals surface area contributed by atoms with Crippen molar-refractivity contribution in [2.75, 3.05) is 24.9 Å². The van der Waals surface area contributed by atoms with Crippen LogP contribution in [-0.4, -0.2) is 30.2 Å². The Morgan fingerprint density at radius 3 is 2.43 bits per heavy atom. The Balaban J connectivity index is 2.27. The Hall–Kier alpha value is -3.36. The second-order valence-electron chi connectivity index (χ2n) is 4.28. The summed E-state index contributed by atoms with van der Waals surface area (Å²) in [5, 5.41) is 16.0. The zero-order valence-electron chi connectivity index (χ0n) is 12.4. The molecule has 0 atom stereocenters. The van der Waals surface area contributed by atoms with Gasteiger partial charge in [0, 0.05) is 12.3 Å². The number of rotatable bonds is 5. The normalized spacial score (nSPS) is 9.83. The van der Waals surface area contributed by atoms with Crippen molar-refractivity contribution in [2.24, 2.45) is 0 Å². The van der Waals surface area contributed by atoms with Gasteiger partial charge in [0.25, 0.3) is 5.69 Å². The molecule has 0 aliphatic heterocycles. The molecule has 0 spiro atoms. The van der Waals surface area contributed by atoms with E-state index in [-0.39, 0.29) is 22.9 Å². The first-order chi connectivity index (χ1) is 11.0. The van der Waals surface area contributed by atoms with E-state index in [0.29, 0.717) is 5.82 Å². The van der Waals surface area contributed by atoms with E-state index in [4.69, 9.17) is 9.47 Å². The van der Waals surface area contributed by atoms with Crippen molar-refractivity contribution in [3.63, 3.8) is 0 Å². The van der Waals surface area contributed by atoms with E-state index in [2.05, 4.69) is 15.6 Å². The largest absolute Gasteiger partial charge is 0.493 e. The van der Waals surface area contributed by atoms with Crippen LogP contribution < -0.4 is 20.1 Å². The predicted molar refractivity (Wildman–Crippen MR) is 83.1 cm³/mol. The predicted octanol–water partition coefficient (Wildman–Crippen LogP) is 2.65. The fourth-order valence-electron chi connectivity index (χ4n) is 1.83. The molecule has 0 saturated carbocycles. The second kappa shape index (κ2) is 7.07. The monoisotopic (exact) mass is 318 g/mol. The van der Waals surface area contributed by atoms with E-state index < -0.39 is 11.0 Å². The summed E-state index contributed by atoms with van der Waals surface area (Å²) in [4.78, 5) is 26.4. The quantitative estimate of drug-likeness (QED) is 0.646. The maximum atomic E-state index is 12.0. The van der Waals surface area contributed by atoms with Crippen molar-refractivity contribution >= 4 is 23.2 Å². The molecule has 0 unspecified atom stereocenters. The summed E-state index contributed by atoms with van der Waals surface area (Å²) in [6.45, 7) is 0. The number of anilines is 2. The van der Waals surface area contributed by atoms with Crippen LogP contribution in [-0.2, 0) is 0 Å². The Labute approximate surface area is 131 Å². The average molecular weight is 318 g/mol. The Kier molecular flexibility index (Phi) is 4.92. The van der Waals surface area contributed by atoms with Gasteiger partial charge in [-0.25, -0.2) is 9.78 Å². The molecule has 2 aromatic rings. The van der Waals surface area contributed by atoms with Crippen LogP contribution in [0.2, 0.25) is 0 Å². The smallest absolute Gasteiger partial charge is 0.325 e. The fourth-order valence-corrected chi connectivity index (χ4v) is 1.83. The van der Waals surface area contributed by atoms with E-state index in [9.17, 15) is 14.9 Å².